The van der Waals surface area contributed by atoms with Crippen molar-refractivity contribution in [2.24, 2.45) is 0 Å². The molecule has 2 aromatic heterocycles. The number of nitrogens with zero attached hydrogens (tertiary/aromatic N) is 3. The van der Waals surface area contributed by atoms with Crippen molar-refractivity contribution in [3.63, 3.8) is 0 Å². The molecule has 4 heteroatoms. The van der Waals surface area contributed by atoms with Crippen LogP contribution in [-0.2, 0) is 0 Å². The fraction of sp³-hybridized carbons (Fsp3) is 0.375. The first-order valence-electron chi connectivity index (χ1n) is 3.90. The van der Waals surface area contributed by atoms with Gasteiger partial charge in [-0.1, -0.05) is 24.8 Å². The first-order valence-corrected chi connectivity index (χ1v) is 4.67. The summed E-state index contributed by atoms with van der Waals surface area (Å²) in [5.74, 6) is 0. The van der Waals surface area contributed by atoms with Crippen LogP contribution in [0.5, 0.6) is 0 Å². The van der Waals surface area contributed by atoms with Crippen molar-refractivity contribution in [3.8, 4) is 0 Å². The number of rotatable bonds is 0. The van der Waals surface area contributed by atoms with E-state index in [-0.39, 0.29) is 0 Å². The Bertz CT molecular complexity index is 301. The van der Waals surface area contributed by atoms with E-state index in [1.807, 2.05) is 6.07 Å². The van der Waals surface area contributed by atoms with Gasteiger partial charge in [-0.05, 0) is 17.6 Å². The summed E-state index contributed by atoms with van der Waals surface area (Å²) in [5, 5.41) is 3.85. The van der Waals surface area contributed by atoms with Gasteiger partial charge in [-0.25, -0.2) is 0 Å². The molecule has 0 aliphatic carbocycles. The summed E-state index contributed by atoms with van der Waals surface area (Å²) >= 11 is 1.36. The van der Waals surface area contributed by atoms with Crippen molar-refractivity contribution in [2.75, 3.05) is 0 Å². The molecule has 12 heavy (non-hydrogen) atoms. The molecule has 2 heterocycles. The Morgan fingerprint density at radius 1 is 1.42 bits per heavy atom. The van der Waals surface area contributed by atoms with Gasteiger partial charge in [0.05, 0.1) is 4.70 Å². The second-order valence-electron chi connectivity index (χ2n) is 2.32. The summed E-state index contributed by atoms with van der Waals surface area (Å²) in [4.78, 5) is 3.92. The molecule has 2 aromatic rings. The highest BCUT2D eigenvalue weighted by atomic mass is 32.1. The van der Waals surface area contributed by atoms with Crippen LogP contribution in [-0.4, -0.2) is 14.6 Å². The van der Waals surface area contributed by atoms with Crippen molar-refractivity contribution < 1.29 is 0 Å². The minimum absolute atomic E-state index is 0.926. The smallest absolute Gasteiger partial charge is 0.109 e. The molecular formula is C8H11N3S. The maximum Gasteiger partial charge on any atom is 0.109 e. The molecule has 0 spiro atoms. The van der Waals surface area contributed by atoms with E-state index in [2.05, 4.69) is 28.4 Å². The molecule has 0 aromatic carbocycles. The highest BCUT2D eigenvalue weighted by molar-refractivity contribution is 7.12. The number of hydrogen-bond donors (Lipinski definition) is 0. The number of pyridine rings is 1. The molecule has 3 nitrogen and oxygen atoms in total. The predicted octanol–water partition coefficient (Wildman–Crippen LogP) is 2.50. The van der Waals surface area contributed by atoms with Gasteiger partial charge in [0.15, 0.2) is 0 Å². The summed E-state index contributed by atoms with van der Waals surface area (Å²) < 4.78 is 4.79. The van der Waals surface area contributed by atoms with Gasteiger partial charge >= 0.3 is 0 Å². The van der Waals surface area contributed by atoms with Gasteiger partial charge in [-0.15, -0.1) is 5.10 Å². The molecule has 0 fully saturated rings. The molecule has 0 unspecified atom stereocenters. The van der Waals surface area contributed by atoms with E-state index in [0.29, 0.717) is 0 Å². The van der Waals surface area contributed by atoms with Crippen LogP contribution in [0.2, 0.25) is 0 Å². The molecule has 0 bridgehead atoms. The summed E-state index contributed by atoms with van der Waals surface area (Å²) in [7, 11) is 0. The van der Waals surface area contributed by atoms with Crippen LogP contribution < -0.4 is 0 Å². The van der Waals surface area contributed by atoms with Gasteiger partial charge < -0.3 is 0 Å². The Labute approximate surface area is 75.6 Å². The molecule has 0 atom stereocenters. The van der Waals surface area contributed by atoms with Gasteiger partial charge in [0.2, 0.25) is 0 Å². The van der Waals surface area contributed by atoms with E-state index in [1.54, 1.807) is 12.4 Å². The predicted molar refractivity (Wildman–Crippen MR) is 51.2 cm³/mol. The fourth-order valence-corrected chi connectivity index (χ4v) is 1.16. The lowest BCUT2D eigenvalue weighted by Crippen LogP contribution is -1.68. The van der Waals surface area contributed by atoms with Gasteiger partial charge in [0, 0.05) is 12.4 Å². The van der Waals surface area contributed by atoms with Crippen LogP contribution >= 0.6 is 11.5 Å². The monoisotopic (exact) mass is 181 g/mol. The standard InChI is InChI=1S/C5H3N3S.C3H8/c1-2-6-3-5-4(1)7-8-9-5;1-3-2/h1-3H;3H2,1-2H3. The van der Waals surface area contributed by atoms with Gasteiger partial charge in [-0.3, -0.25) is 4.98 Å². The van der Waals surface area contributed by atoms with Crippen molar-refractivity contribution in [3.05, 3.63) is 18.5 Å². The van der Waals surface area contributed by atoms with Crippen LogP contribution in [0.1, 0.15) is 20.3 Å². The van der Waals surface area contributed by atoms with E-state index in [1.165, 1.54) is 18.0 Å². The zero-order valence-corrected chi connectivity index (χ0v) is 8.01. The average molecular weight is 181 g/mol. The summed E-state index contributed by atoms with van der Waals surface area (Å²) in [5.41, 5.74) is 0.926. The normalized spacial score (nSPS) is 9.17. The third kappa shape index (κ3) is 2.23. The van der Waals surface area contributed by atoms with E-state index >= 15 is 0 Å². The molecule has 0 radical (unpaired) electrons. The van der Waals surface area contributed by atoms with Crippen molar-refractivity contribution in [1.29, 1.82) is 0 Å². The Kier molecular flexibility index (Phi) is 3.60. The van der Waals surface area contributed by atoms with Crippen LogP contribution in [0.25, 0.3) is 10.2 Å². The van der Waals surface area contributed by atoms with Crippen molar-refractivity contribution in [2.45, 2.75) is 20.3 Å². The zero-order valence-electron chi connectivity index (χ0n) is 7.19. The first kappa shape index (κ1) is 9.06. The van der Waals surface area contributed by atoms with Gasteiger partial charge in [0.1, 0.15) is 5.52 Å². The maximum atomic E-state index is 3.92. The van der Waals surface area contributed by atoms with E-state index in [9.17, 15) is 0 Å². The quantitative estimate of drug-likeness (QED) is 0.626. The molecule has 0 amide bonds. The lowest BCUT2D eigenvalue weighted by atomic mass is 10.5. The van der Waals surface area contributed by atoms with Crippen molar-refractivity contribution in [1.82, 2.24) is 14.6 Å². The van der Waals surface area contributed by atoms with Crippen LogP contribution in [0.15, 0.2) is 18.5 Å². The number of hydrogen-bond acceptors (Lipinski definition) is 4. The SMILES string of the molecule is CCC.c1cc2nnsc2cn1. The molecule has 2 rings (SSSR count). The minimum atomic E-state index is 0.926. The Hall–Kier alpha value is -1.03. The summed E-state index contributed by atoms with van der Waals surface area (Å²) in [6, 6.07) is 1.85. The average Bonchev–Trinajstić information content (AvgIpc) is 2.52. The lowest BCUT2D eigenvalue weighted by Gasteiger charge is -1.78. The van der Waals surface area contributed by atoms with Crippen molar-refractivity contribution >= 4 is 21.7 Å². The third-order valence-electron chi connectivity index (χ3n) is 1.05. The highest BCUT2D eigenvalue weighted by Gasteiger charge is 1.92. The lowest BCUT2D eigenvalue weighted by molar-refractivity contribution is 1.09. The van der Waals surface area contributed by atoms with Crippen LogP contribution in [0, 0.1) is 0 Å². The fourth-order valence-electron chi connectivity index (χ4n) is 0.634. The molecular weight excluding hydrogens is 170 g/mol. The zero-order chi connectivity index (χ0) is 8.81. The molecule has 0 aliphatic rings. The molecule has 0 saturated heterocycles. The van der Waals surface area contributed by atoms with Gasteiger partial charge in [0.25, 0.3) is 0 Å². The van der Waals surface area contributed by atoms with E-state index in [4.69, 9.17) is 0 Å². The molecule has 64 valence electrons. The van der Waals surface area contributed by atoms with Crippen LogP contribution in [0.4, 0.5) is 0 Å². The minimum Gasteiger partial charge on any atom is -0.263 e. The number of aromatic nitrogens is 3. The third-order valence-corrected chi connectivity index (χ3v) is 1.72. The van der Waals surface area contributed by atoms with E-state index in [0.717, 1.165) is 10.2 Å². The number of fused-ring (bicyclic) bond motifs is 1. The topological polar surface area (TPSA) is 38.7 Å². The van der Waals surface area contributed by atoms with Crippen LogP contribution in [0.3, 0.4) is 0 Å². The highest BCUT2D eigenvalue weighted by Crippen LogP contribution is 2.10. The van der Waals surface area contributed by atoms with Gasteiger partial charge in [-0.2, -0.15) is 0 Å². The maximum absolute atomic E-state index is 3.92. The largest absolute Gasteiger partial charge is 0.263 e. The molecule has 0 aliphatic heterocycles. The second kappa shape index (κ2) is 4.77. The second-order valence-corrected chi connectivity index (χ2v) is 3.11. The summed E-state index contributed by atoms with van der Waals surface area (Å²) in [6.45, 7) is 4.25. The molecule has 0 saturated carbocycles. The molecule has 0 N–H and O–H groups in total. The Morgan fingerprint density at radius 3 is 2.83 bits per heavy atom. The Balaban J connectivity index is 0.000000213. The first-order chi connectivity index (χ1) is 5.88. The summed E-state index contributed by atoms with van der Waals surface area (Å²) in [6.07, 6.45) is 4.73. The van der Waals surface area contributed by atoms with E-state index < -0.39 is 0 Å². The Morgan fingerprint density at radius 2 is 2.17 bits per heavy atom.